The van der Waals surface area contributed by atoms with E-state index in [1.165, 1.54) is 0 Å². The van der Waals surface area contributed by atoms with E-state index in [1.54, 1.807) is 0 Å². The molecule has 1 aromatic carbocycles. The molecule has 1 aromatic rings. The van der Waals surface area contributed by atoms with E-state index in [1.807, 2.05) is 19.1 Å². The van der Waals surface area contributed by atoms with Crippen LogP contribution in [0, 0.1) is 17.8 Å². The molecule has 1 saturated carbocycles. The van der Waals surface area contributed by atoms with E-state index in [0.717, 1.165) is 37.1 Å². The van der Waals surface area contributed by atoms with Crippen LogP contribution in [0.5, 0.6) is 5.75 Å². The maximum Gasteiger partial charge on any atom is 0.348 e. The van der Waals surface area contributed by atoms with Gasteiger partial charge in [-0.25, -0.2) is 4.79 Å². The van der Waals surface area contributed by atoms with Crippen LogP contribution >= 0.6 is 0 Å². The third-order valence-electron chi connectivity index (χ3n) is 6.07. The molecule has 5 heteroatoms. The van der Waals surface area contributed by atoms with Crippen molar-refractivity contribution in [2.45, 2.75) is 78.6 Å². The van der Waals surface area contributed by atoms with Gasteiger partial charge in [0.05, 0.1) is 6.10 Å². The molecule has 2 fully saturated rings. The third kappa shape index (κ3) is 4.69. The molecule has 28 heavy (non-hydrogen) atoms. The molecule has 0 bridgehead atoms. The first kappa shape index (κ1) is 21.1. The Bertz CT molecular complexity index is 724. The van der Waals surface area contributed by atoms with Crippen molar-refractivity contribution in [3.63, 3.8) is 0 Å². The SMILES string of the molecule is Cc1cc(CN2CC[C@@H](O)C2)ccc1OC1(C(=O)O)CC(C)(C)CC(C)(C)C1. The van der Waals surface area contributed by atoms with E-state index in [0.29, 0.717) is 25.1 Å². The van der Waals surface area contributed by atoms with Crippen LogP contribution in [0.2, 0.25) is 0 Å². The predicted molar refractivity (Wildman–Crippen MR) is 109 cm³/mol. The van der Waals surface area contributed by atoms with Crippen LogP contribution in [-0.4, -0.2) is 45.9 Å². The number of carbonyl (C=O) groups is 1. The van der Waals surface area contributed by atoms with Gasteiger partial charge in [0.25, 0.3) is 0 Å². The van der Waals surface area contributed by atoms with Gasteiger partial charge in [-0.15, -0.1) is 0 Å². The molecule has 1 aliphatic carbocycles. The fourth-order valence-corrected chi connectivity index (χ4v) is 5.64. The van der Waals surface area contributed by atoms with Crippen molar-refractivity contribution in [2.24, 2.45) is 10.8 Å². The molecule has 0 radical (unpaired) electrons. The summed E-state index contributed by atoms with van der Waals surface area (Å²) in [5.74, 6) is -0.219. The number of hydrogen-bond acceptors (Lipinski definition) is 4. The van der Waals surface area contributed by atoms with Gasteiger partial charge in [0.1, 0.15) is 5.75 Å². The first-order chi connectivity index (χ1) is 12.9. The average molecular weight is 390 g/mol. The number of hydrogen-bond donors (Lipinski definition) is 2. The van der Waals surface area contributed by atoms with Crippen molar-refractivity contribution in [3.05, 3.63) is 29.3 Å². The zero-order chi connectivity index (χ0) is 20.7. The van der Waals surface area contributed by atoms with Crippen molar-refractivity contribution in [1.82, 2.24) is 4.90 Å². The molecular weight excluding hydrogens is 354 g/mol. The predicted octanol–water partition coefficient (Wildman–Crippen LogP) is 4.00. The molecule has 1 aliphatic heterocycles. The number of aliphatic hydroxyl groups is 1. The van der Waals surface area contributed by atoms with Crippen LogP contribution in [0.3, 0.4) is 0 Å². The van der Waals surface area contributed by atoms with Crippen LogP contribution < -0.4 is 4.74 Å². The van der Waals surface area contributed by atoms with Crippen molar-refractivity contribution in [1.29, 1.82) is 0 Å². The molecule has 1 saturated heterocycles. The summed E-state index contributed by atoms with van der Waals surface area (Å²) >= 11 is 0. The van der Waals surface area contributed by atoms with Crippen molar-refractivity contribution < 1.29 is 19.7 Å². The summed E-state index contributed by atoms with van der Waals surface area (Å²) in [6.07, 6.45) is 2.60. The number of ether oxygens (including phenoxy) is 1. The van der Waals surface area contributed by atoms with Crippen LogP contribution in [0.25, 0.3) is 0 Å². The molecule has 3 rings (SSSR count). The van der Waals surface area contributed by atoms with Crippen molar-refractivity contribution in [3.8, 4) is 5.75 Å². The fourth-order valence-electron chi connectivity index (χ4n) is 5.64. The number of carboxylic acid groups (broad SMARTS) is 1. The largest absolute Gasteiger partial charge is 0.478 e. The number of benzene rings is 1. The molecule has 2 aliphatic rings. The van der Waals surface area contributed by atoms with Gasteiger partial charge in [0.2, 0.25) is 5.60 Å². The highest BCUT2D eigenvalue weighted by atomic mass is 16.5. The molecule has 5 nitrogen and oxygen atoms in total. The quantitative estimate of drug-likeness (QED) is 0.797. The minimum atomic E-state index is -1.20. The molecule has 0 aromatic heterocycles. The van der Waals surface area contributed by atoms with Gasteiger partial charge in [0.15, 0.2) is 0 Å². The lowest BCUT2D eigenvalue weighted by Crippen LogP contribution is -2.55. The second-order valence-corrected chi connectivity index (χ2v) is 10.5. The highest BCUT2D eigenvalue weighted by Gasteiger charge is 2.54. The van der Waals surface area contributed by atoms with Crippen LogP contribution in [0.15, 0.2) is 18.2 Å². The Hall–Kier alpha value is -1.59. The Labute approximate surface area is 168 Å². The maximum absolute atomic E-state index is 12.3. The van der Waals surface area contributed by atoms with Gasteiger partial charge < -0.3 is 14.9 Å². The number of aliphatic carboxylic acids is 1. The summed E-state index contributed by atoms with van der Waals surface area (Å²) in [6.45, 7) is 12.9. The summed E-state index contributed by atoms with van der Waals surface area (Å²) in [6, 6.07) is 6.01. The number of β-amino-alcohol motifs (C(OH)–C–C–N with tert-alkyl or cyclic N) is 1. The first-order valence-electron chi connectivity index (χ1n) is 10.3. The number of aryl methyl sites for hydroxylation is 1. The summed E-state index contributed by atoms with van der Waals surface area (Å²) in [4.78, 5) is 14.6. The Morgan fingerprint density at radius 3 is 2.32 bits per heavy atom. The van der Waals surface area contributed by atoms with Gasteiger partial charge in [-0.3, -0.25) is 4.90 Å². The average Bonchev–Trinajstić information content (AvgIpc) is 2.92. The first-order valence-corrected chi connectivity index (χ1v) is 10.3. The minimum Gasteiger partial charge on any atom is -0.478 e. The topological polar surface area (TPSA) is 70.0 Å². The standard InChI is InChI=1S/C23H35NO4/c1-16-10-17(11-24-9-8-18(25)12-24)6-7-19(16)28-23(20(26)27)14-21(2,3)13-22(4,5)15-23/h6-7,10,18,25H,8-9,11-15H2,1-5H3,(H,26,27)/t18-/m1/s1. The van der Waals surface area contributed by atoms with Crippen LogP contribution in [0.1, 0.15) is 64.5 Å². The molecule has 0 spiro atoms. The summed E-state index contributed by atoms with van der Waals surface area (Å²) < 4.78 is 6.30. The lowest BCUT2D eigenvalue weighted by atomic mass is 9.59. The van der Waals surface area contributed by atoms with E-state index >= 15 is 0 Å². The summed E-state index contributed by atoms with van der Waals surface area (Å²) in [5.41, 5.74) is 0.734. The van der Waals surface area contributed by atoms with Gasteiger partial charge >= 0.3 is 5.97 Å². The van der Waals surface area contributed by atoms with E-state index in [4.69, 9.17) is 4.74 Å². The number of nitrogens with zero attached hydrogens (tertiary/aromatic N) is 1. The second kappa shape index (κ2) is 7.34. The summed E-state index contributed by atoms with van der Waals surface area (Å²) in [7, 11) is 0. The Morgan fingerprint density at radius 2 is 1.82 bits per heavy atom. The van der Waals surface area contributed by atoms with Crippen LogP contribution in [0.4, 0.5) is 0 Å². The molecule has 1 atom stereocenters. The van der Waals surface area contributed by atoms with E-state index in [-0.39, 0.29) is 16.9 Å². The molecule has 0 unspecified atom stereocenters. The van der Waals surface area contributed by atoms with Gasteiger partial charge in [0, 0.05) is 32.5 Å². The number of carboxylic acids is 1. The van der Waals surface area contributed by atoms with E-state index in [9.17, 15) is 15.0 Å². The molecule has 2 N–H and O–H groups in total. The highest BCUT2D eigenvalue weighted by molar-refractivity contribution is 5.78. The lowest BCUT2D eigenvalue weighted by molar-refractivity contribution is -0.168. The van der Waals surface area contributed by atoms with Gasteiger partial charge in [-0.05, 0) is 47.8 Å². The van der Waals surface area contributed by atoms with Gasteiger partial charge in [-0.1, -0.05) is 39.8 Å². The van der Waals surface area contributed by atoms with Gasteiger partial charge in [-0.2, -0.15) is 0 Å². The smallest absolute Gasteiger partial charge is 0.348 e. The van der Waals surface area contributed by atoms with E-state index in [2.05, 4.69) is 38.7 Å². The second-order valence-electron chi connectivity index (χ2n) is 10.5. The minimum absolute atomic E-state index is 0.0927. The highest BCUT2D eigenvalue weighted by Crippen LogP contribution is 2.51. The molecule has 1 heterocycles. The molecule has 0 amide bonds. The molecular formula is C23H35NO4. The lowest BCUT2D eigenvalue weighted by Gasteiger charge is -2.49. The number of rotatable bonds is 5. The van der Waals surface area contributed by atoms with Crippen molar-refractivity contribution in [2.75, 3.05) is 13.1 Å². The molecule has 156 valence electrons. The Kier molecular flexibility index (Phi) is 5.54. The summed E-state index contributed by atoms with van der Waals surface area (Å²) in [5, 5.41) is 19.8. The fraction of sp³-hybridized carbons (Fsp3) is 0.696. The monoisotopic (exact) mass is 389 g/mol. The maximum atomic E-state index is 12.3. The Morgan fingerprint density at radius 1 is 1.18 bits per heavy atom. The van der Waals surface area contributed by atoms with E-state index < -0.39 is 11.6 Å². The van der Waals surface area contributed by atoms with Crippen LogP contribution in [-0.2, 0) is 11.3 Å². The Balaban J connectivity index is 1.81. The zero-order valence-corrected chi connectivity index (χ0v) is 17.9. The van der Waals surface area contributed by atoms with Crippen molar-refractivity contribution >= 4 is 5.97 Å². The zero-order valence-electron chi connectivity index (χ0n) is 17.9. The number of aliphatic hydroxyl groups excluding tert-OH is 1. The third-order valence-corrected chi connectivity index (χ3v) is 6.07. The number of likely N-dealkylation sites (tertiary alicyclic amines) is 1. The normalized spacial score (nSPS) is 26.1.